The van der Waals surface area contributed by atoms with E-state index in [9.17, 15) is 62.9 Å². The Morgan fingerprint density at radius 2 is 0.862 bits per heavy atom. The molecule has 1 aromatic rings. The molecule has 0 saturated heterocycles. The van der Waals surface area contributed by atoms with Crippen LogP contribution in [0.15, 0.2) is 18.2 Å². The normalized spacial score (nSPS) is 14.4. The third-order valence-electron chi connectivity index (χ3n) is 3.68. The van der Waals surface area contributed by atoms with E-state index < -0.39 is 58.7 Å². The van der Waals surface area contributed by atoms with Crippen molar-refractivity contribution in [3.05, 3.63) is 34.9 Å². The van der Waals surface area contributed by atoms with Gasteiger partial charge in [0.2, 0.25) is 0 Å². The van der Waals surface area contributed by atoms with Gasteiger partial charge in [-0.25, -0.2) is 0 Å². The van der Waals surface area contributed by atoms with E-state index in [4.69, 9.17) is 0 Å². The Kier molecular flexibility index (Phi) is 5.99. The standard InChI is InChI=1S/C15H8F12O2/c1-2-3-7-4-8(10(28,12(16,17)18)13(19,20)21)6-9(5-7)11(29,14(22,23)24)15(25,26)27/h4-6,28-29H,1H3. The molecule has 0 aromatic heterocycles. The molecule has 1 aromatic carbocycles. The molecular weight excluding hydrogens is 440 g/mol. The Morgan fingerprint density at radius 1 is 0.586 bits per heavy atom. The zero-order chi connectivity index (χ0) is 23.3. The van der Waals surface area contributed by atoms with Gasteiger partial charge in [0.15, 0.2) is 0 Å². The molecule has 1 rings (SSSR count). The van der Waals surface area contributed by atoms with E-state index >= 15 is 0 Å². The summed E-state index contributed by atoms with van der Waals surface area (Å²) in [5.74, 6) is 3.55. The first-order chi connectivity index (χ1) is 12.6. The predicted octanol–water partition coefficient (Wildman–Crippen LogP) is 4.68. The van der Waals surface area contributed by atoms with Crippen molar-refractivity contribution in [1.82, 2.24) is 0 Å². The van der Waals surface area contributed by atoms with E-state index in [1.54, 1.807) is 5.92 Å². The van der Waals surface area contributed by atoms with Gasteiger partial charge in [0.25, 0.3) is 11.2 Å². The fourth-order valence-electron chi connectivity index (χ4n) is 2.24. The molecule has 0 heterocycles. The van der Waals surface area contributed by atoms with Crippen LogP contribution in [0.5, 0.6) is 0 Å². The lowest BCUT2D eigenvalue weighted by atomic mass is 9.84. The zero-order valence-corrected chi connectivity index (χ0v) is 13.7. The summed E-state index contributed by atoms with van der Waals surface area (Å²) in [6.45, 7) is 0.922. The van der Waals surface area contributed by atoms with Gasteiger partial charge in [-0.05, 0) is 25.1 Å². The molecule has 0 bridgehead atoms. The quantitative estimate of drug-likeness (QED) is 0.510. The second-order valence-corrected chi connectivity index (χ2v) is 5.59. The highest BCUT2D eigenvalue weighted by molar-refractivity contribution is 5.46. The smallest absolute Gasteiger partial charge is 0.369 e. The van der Waals surface area contributed by atoms with Gasteiger partial charge in [-0.3, -0.25) is 0 Å². The molecule has 0 aliphatic heterocycles. The summed E-state index contributed by atoms with van der Waals surface area (Å²) in [6.07, 6.45) is -26.4. The summed E-state index contributed by atoms with van der Waals surface area (Å²) >= 11 is 0. The molecule has 2 nitrogen and oxygen atoms in total. The molecule has 0 atom stereocenters. The Bertz CT molecular complexity index is 733. The first-order valence-corrected chi connectivity index (χ1v) is 6.95. The summed E-state index contributed by atoms with van der Waals surface area (Å²) < 4.78 is 156. The van der Waals surface area contributed by atoms with E-state index in [0.29, 0.717) is 0 Å². The first-order valence-electron chi connectivity index (χ1n) is 6.95. The van der Waals surface area contributed by atoms with Crippen molar-refractivity contribution in [3.8, 4) is 11.8 Å². The second kappa shape index (κ2) is 6.98. The van der Waals surface area contributed by atoms with Crippen molar-refractivity contribution in [2.45, 2.75) is 42.8 Å². The average molecular weight is 448 g/mol. The van der Waals surface area contributed by atoms with Crippen LogP contribution in [-0.2, 0) is 11.2 Å². The van der Waals surface area contributed by atoms with Crippen molar-refractivity contribution in [3.63, 3.8) is 0 Å². The highest BCUT2D eigenvalue weighted by Gasteiger charge is 2.74. The predicted molar refractivity (Wildman–Crippen MR) is 71.0 cm³/mol. The average Bonchev–Trinajstić information content (AvgIpc) is 2.48. The van der Waals surface area contributed by atoms with Crippen LogP contribution in [-0.4, -0.2) is 34.9 Å². The van der Waals surface area contributed by atoms with E-state index in [1.807, 2.05) is 5.92 Å². The van der Waals surface area contributed by atoms with Crippen LogP contribution in [0.25, 0.3) is 0 Å². The van der Waals surface area contributed by atoms with Crippen LogP contribution < -0.4 is 0 Å². The molecule has 14 heteroatoms. The first kappa shape index (κ1) is 24.9. The third kappa shape index (κ3) is 3.97. The van der Waals surface area contributed by atoms with Crippen LogP contribution in [0.4, 0.5) is 52.7 Å². The minimum atomic E-state index is -6.60. The van der Waals surface area contributed by atoms with Crippen LogP contribution in [0, 0.1) is 11.8 Å². The molecule has 29 heavy (non-hydrogen) atoms. The fraction of sp³-hybridized carbons (Fsp3) is 0.467. The molecule has 0 saturated carbocycles. The molecule has 2 N–H and O–H groups in total. The van der Waals surface area contributed by atoms with Crippen molar-refractivity contribution >= 4 is 0 Å². The van der Waals surface area contributed by atoms with Crippen LogP contribution >= 0.6 is 0 Å². The minimum Gasteiger partial charge on any atom is -0.369 e. The zero-order valence-electron chi connectivity index (χ0n) is 13.7. The summed E-state index contributed by atoms with van der Waals surface area (Å²) in [4.78, 5) is 0. The number of halogens is 12. The lowest BCUT2D eigenvalue weighted by molar-refractivity contribution is -0.378. The number of hydrogen-bond donors (Lipinski definition) is 2. The highest BCUT2D eigenvalue weighted by Crippen LogP contribution is 2.54. The number of rotatable bonds is 2. The lowest BCUT2D eigenvalue weighted by Crippen LogP contribution is -2.55. The molecule has 0 radical (unpaired) electrons. The molecule has 164 valence electrons. The minimum absolute atomic E-state index is 0.186. The molecular formula is C15H8F12O2. The Morgan fingerprint density at radius 3 is 1.07 bits per heavy atom. The third-order valence-corrected chi connectivity index (χ3v) is 3.68. The van der Waals surface area contributed by atoms with Crippen molar-refractivity contribution in [2.24, 2.45) is 0 Å². The Balaban J connectivity index is 4.11. The lowest BCUT2D eigenvalue weighted by Gasteiger charge is -2.36. The molecule has 0 amide bonds. The second-order valence-electron chi connectivity index (χ2n) is 5.59. The summed E-state index contributed by atoms with van der Waals surface area (Å²) in [5, 5.41) is 18.6. The number of alkyl halides is 12. The van der Waals surface area contributed by atoms with E-state index in [-0.39, 0.29) is 12.1 Å². The van der Waals surface area contributed by atoms with E-state index in [2.05, 4.69) is 0 Å². The fourth-order valence-corrected chi connectivity index (χ4v) is 2.24. The van der Waals surface area contributed by atoms with Crippen LogP contribution in [0.1, 0.15) is 23.6 Å². The van der Waals surface area contributed by atoms with E-state index in [1.165, 1.54) is 0 Å². The van der Waals surface area contributed by atoms with Crippen LogP contribution in [0.3, 0.4) is 0 Å². The van der Waals surface area contributed by atoms with Gasteiger partial charge in [-0.2, -0.15) is 52.7 Å². The molecule has 0 unspecified atom stereocenters. The maximum absolute atomic E-state index is 13.0. The van der Waals surface area contributed by atoms with Gasteiger partial charge in [-0.15, -0.1) is 5.92 Å². The van der Waals surface area contributed by atoms with Gasteiger partial charge in [0, 0.05) is 16.7 Å². The molecule has 0 fully saturated rings. The van der Waals surface area contributed by atoms with E-state index in [0.717, 1.165) is 6.92 Å². The van der Waals surface area contributed by atoms with Crippen LogP contribution in [0.2, 0.25) is 0 Å². The number of hydrogen-bond acceptors (Lipinski definition) is 2. The molecule has 0 spiro atoms. The Labute approximate surface area is 153 Å². The van der Waals surface area contributed by atoms with Crippen molar-refractivity contribution in [2.75, 3.05) is 0 Å². The van der Waals surface area contributed by atoms with Gasteiger partial charge in [0.1, 0.15) is 0 Å². The number of benzene rings is 1. The van der Waals surface area contributed by atoms with Crippen molar-refractivity contribution < 1.29 is 62.9 Å². The molecule has 0 aliphatic rings. The van der Waals surface area contributed by atoms with Gasteiger partial charge >= 0.3 is 24.7 Å². The summed E-state index contributed by atoms with van der Waals surface area (Å²) in [7, 11) is 0. The topological polar surface area (TPSA) is 40.5 Å². The summed E-state index contributed by atoms with van der Waals surface area (Å²) in [5.41, 5.74) is -17.8. The monoisotopic (exact) mass is 448 g/mol. The van der Waals surface area contributed by atoms with Gasteiger partial charge in [-0.1, -0.05) is 5.92 Å². The van der Waals surface area contributed by atoms with Crippen molar-refractivity contribution in [1.29, 1.82) is 0 Å². The highest BCUT2D eigenvalue weighted by atomic mass is 19.4. The maximum atomic E-state index is 13.0. The van der Waals surface area contributed by atoms with Gasteiger partial charge in [0.05, 0.1) is 0 Å². The Hall–Kier alpha value is -2.14. The SMILES string of the molecule is CC#Cc1cc(C(O)(C(F)(F)F)C(F)(F)F)cc(C(O)(C(F)(F)F)C(F)(F)F)c1. The largest absolute Gasteiger partial charge is 0.430 e. The summed E-state index contributed by atoms with van der Waals surface area (Å²) in [6, 6.07) is -1.24. The molecule has 0 aliphatic carbocycles. The number of aliphatic hydroxyl groups is 2. The maximum Gasteiger partial charge on any atom is 0.430 e. The van der Waals surface area contributed by atoms with Gasteiger partial charge < -0.3 is 10.2 Å².